The molecule has 0 saturated heterocycles. The maximum Gasteiger partial charge on any atom is 0.336 e. The Morgan fingerprint density at radius 2 is 1.67 bits per heavy atom. The second-order valence-electron chi connectivity index (χ2n) is 4.72. The Labute approximate surface area is 120 Å². The van der Waals surface area contributed by atoms with Crippen molar-refractivity contribution in [2.45, 2.75) is 6.92 Å². The first-order valence-electron chi connectivity index (χ1n) is 6.44. The molecule has 0 aliphatic heterocycles. The van der Waals surface area contributed by atoms with Crippen molar-refractivity contribution in [2.75, 3.05) is 5.73 Å². The minimum absolute atomic E-state index is 0.366. The van der Waals surface area contributed by atoms with E-state index < -0.39 is 0 Å². The van der Waals surface area contributed by atoms with E-state index >= 15 is 0 Å². The third-order valence-corrected chi connectivity index (χ3v) is 3.14. The molecule has 0 aliphatic carbocycles. The maximum atomic E-state index is 11.1. The summed E-state index contributed by atoms with van der Waals surface area (Å²) in [5.41, 5.74) is 9.05. The van der Waals surface area contributed by atoms with Crippen LogP contribution < -0.4 is 11.4 Å². The summed E-state index contributed by atoms with van der Waals surface area (Å²) in [5.74, 6) is 0. The normalized spacial score (nSPS) is 11.3. The van der Waals surface area contributed by atoms with Crippen LogP contribution in [-0.2, 0) is 0 Å². The zero-order valence-corrected chi connectivity index (χ0v) is 11.4. The molecule has 0 atom stereocenters. The Balaban J connectivity index is 1.93. The number of nitrogen functional groups attached to an aromatic ring is 1. The molecule has 3 rings (SSSR count). The van der Waals surface area contributed by atoms with Crippen molar-refractivity contribution in [3.05, 3.63) is 64.5 Å². The van der Waals surface area contributed by atoms with Crippen molar-refractivity contribution < 1.29 is 4.42 Å². The van der Waals surface area contributed by atoms with Gasteiger partial charge in [0.25, 0.3) is 0 Å². The molecule has 1 aromatic heterocycles. The van der Waals surface area contributed by atoms with E-state index in [1.54, 1.807) is 24.3 Å². The minimum atomic E-state index is -0.366. The van der Waals surface area contributed by atoms with Crippen LogP contribution in [0.5, 0.6) is 0 Å². The van der Waals surface area contributed by atoms with E-state index in [1.807, 2.05) is 25.1 Å². The molecule has 0 saturated carbocycles. The highest BCUT2D eigenvalue weighted by Crippen LogP contribution is 2.24. The predicted molar refractivity (Wildman–Crippen MR) is 82.3 cm³/mol. The highest BCUT2D eigenvalue weighted by Gasteiger charge is 1.99. The van der Waals surface area contributed by atoms with Crippen LogP contribution in [0.25, 0.3) is 11.0 Å². The molecule has 2 aromatic carbocycles. The van der Waals surface area contributed by atoms with Crippen LogP contribution >= 0.6 is 0 Å². The molecule has 0 fully saturated rings. The Bertz CT molecular complexity index is 897. The fraction of sp³-hybridized carbons (Fsp3) is 0.0625. The molecule has 5 nitrogen and oxygen atoms in total. The number of benzene rings is 2. The SMILES string of the molecule is Cc1cc(N=Nc2ccc3oc(=O)ccc3c2)ccc1N. The third-order valence-electron chi connectivity index (χ3n) is 3.14. The Kier molecular flexibility index (Phi) is 3.23. The highest BCUT2D eigenvalue weighted by atomic mass is 16.4. The van der Waals surface area contributed by atoms with Gasteiger partial charge in [0.05, 0.1) is 11.4 Å². The Morgan fingerprint density at radius 1 is 0.952 bits per heavy atom. The van der Waals surface area contributed by atoms with Gasteiger partial charge in [-0.25, -0.2) is 4.79 Å². The first-order valence-corrected chi connectivity index (χ1v) is 6.44. The summed E-state index contributed by atoms with van der Waals surface area (Å²) in [6, 6.07) is 13.8. The highest BCUT2D eigenvalue weighted by molar-refractivity contribution is 5.79. The summed E-state index contributed by atoms with van der Waals surface area (Å²) < 4.78 is 5.07. The number of nitrogens with two attached hydrogens (primary N) is 1. The van der Waals surface area contributed by atoms with Gasteiger partial charge in [-0.15, -0.1) is 0 Å². The van der Waals surface area contributed by atoms with Gasteiger partial charge in [-0.2, -0.15) is 10.2 Å². The van der Waals surface area contributed by atoms with Gasteiger partial charge in [0.1, 0.15) is 5.58 Å². The smallest absolute Gasteiger partial charge is 0.336 e. The number of aryl methyl sites for hydroxylation is 1. The molecule has 0 spiro atoms. The van der Waals surface area contributed by atoms with Gasteiger partial charge in [0.2, 0.25) is 0 Å². The largest absolute Gasteiger partial charge is 0.423 e. The number of hydrogen-bond donors (Lipinski definition) is 1. The Morgan fingerprint density at radius 3 is 2.43 bits per heavy atom. The van der Waals surface area contributed by atoms with Crippen LogP contribution in [0.4, 0.5) is 17.1 Å². The maximum absolute atomic E-state index is 11.1. The minimum Gasteiger partial charge on any atom is -0.423 e. The van der Waals surface area contributed by atoms with Crippen LogP contribution in [0.3, 0.4) is 0 Å². The quantitative estimate of drug-likeness (QED) is 0.435. The van der Waals surface area contributed by atoms with Gasteiger partial charge >= 0.3 is 5.63 Å². The molecule has 0 unspecified atom stereocenters. The predicted octanol–water partition coefficient (Wildman–Crippen LogP) is 4.10. The van der Waals surface area contributed by atoms with Gasteiger partial charge in [0, 0.05) is 17.1 Å². The first kappa shape index (κ1) is 13.1. The number of rotatable bonds is 2. The van der Waals surface area contributed by atoms with E-state index in [-0.39, 0.29) is 5.63 Å². The molecule has 0 bridgehead atoms. The van der Waals surface area contributed by atoms with E-state index in [9.17, 15) is 4.79 Å². The first-order chi connectivity index (χ1) is 10.1. The van der Waals surface area contributed by atoms with Crippen LogP contribution in [0.2, 0.25) is 0 Å². The van der Waals surface area contributed by atoms with Crippen molar-refractivity contribution in [1.29, 1.82) is 0 Å². The van der Waals surface area contributed by atoms with E-state index in [4.69, 9.17) is 10.2 Å². The molecule has 0 amide bonds. The topological polar surface area (TPSA) is 81.0 Å². The second-order valence-corrected chi connectivity index (χ2v) is 4.72. The summed E-state index contributed by atoms with van der Waals surface area (Å²) in [6.45, 7) is 1.92. The summed E-state index contributed by atoms with van der Waals surface area (Å²) >= 11 is 0. The summed E-state index contributed by atoms with van der Waals surface area (Å²) in [7, 11) is 0. The fourth-order valence-electron chi connectivity index (χ4n) is 1.96. The lowest BCUT2D eigenvalue weighted by Crippen LogP contribution is -1.93. The summed E-state index contributed by atoms with van der Waals surface area (Å²) in [4.78, 5) is 11.1. The van der Waals surface area contributed by atoms with Gasteiger partial charge in [-0.05, 0) is 55.0 Å². The molecular weight excluding hydrogens is 266 g/mol. The molecule has 104 valence electrons. The molecule has 5 heteroatoms. The lowest BCUT2D eigenvalue weighted by Gasteiger charge is -2.00. The lowest BCUT2D eigenvalue weighted by molar-refractivity contribution is 0.561. The molecule has 0 radical (unpaired) electrons. The average Bonchev–Trinajstić information content (AvgIpc) is 2.48. The van der Waals surface area contributed by atoms with Crippen molar-refractivity contribution in [1.82, 2.24) is 0 Å². The third kappa shape index (κ3) is 2.81. The lowest BCUT2D eigenvalue weighted by atomic mass is 10.2. The van der Waals surface area contributed by atoms with Gasteiger partial charge in [-0.1, -0.05) is 0 Å². The standard InChI is InChI=1S/C16H13N3O2/c1-10-8-12(3-5-14(10)17)18-19-13-4-6-15-11(9-13)2-7-16(20)21-15/h2-9H,17H2,1H3. The number of azo groups is 1. The van der Waals surface area contributed by atoms with E-state index in [1.165, 1.54) is 6.07 Å². The zero-order valence-electron chi connectivity index (χ0n) is 11.4. The van der Waals surface area contributed by atoms with Crippen molar-refractivity contribution in [3.63, 3.8) is 0 Å². The number of fused-ring (bicyclic) bond motifs is 1. The van der Waals surface area contributed by atoms with Crippen LogP contribution in [-0.4, -0.2) is 0 Å². The van der Waals surface area contributed by atoms with Crippen LogP contribution in [0.15, 0.2) is 68.0 Å². The number of hydrogen-bond acceptors (Lipinski definition) is 5. The molecular formula is C16H13N3O2. The molecule has 0 aliphatic rings. The van der Waals surface area contributed by atoms with E-state index in [0.29, 0.717) is 11.3 Å². The molecule has 2 N–H and O–H groups in total. The number of anilines is 1. The van der Waals surface area contributed by atoms with Crippen molar-refractivity contribution >= 4 is 28.0 Å². The van der Waals surface area contributed by atoms with Crippen molar-refractivity contribution in [3.8, 4) is 0 Å². The molecule has 21 heavy (non-hydrogen) atoms. The van der Waals surface area contributed by atoms with Gasteiger partial charge in [0.15, 0.2) is 0 Å². The summed E-state index contributed by atoms with van der Waals surface area (Å²) in [5, 5.41) is 9.17. The van der Waals surface area contributed by atoms with Crippen molar-refractivity contribution in [2.24, 2.45) is 10.2 Å². The molecule has 1 heterocycles. The Hall–Kier alpha value is -2.95. The zero-order chi connectivity index (χ0) is 14.8. The monoisotopic (exact) mass is 279 g/mol. The van der Waals surface area contributed by atoms with E-state index in [0.717, 1.165) is 22.3 Å². The van der Waals surface area contributed by atoms with Gasteiger partial charge < -0.3 is 10.2 Å². The second kappa shape index (κ2) is 5.20. The average molecular weight is 279 g/mol. The van der Waals surface area contributed by atoms with Gasteiger partial charge in [-0.3, -0.25) is 0 Å². The molecule has 3 aromatic rings. The summed E-state index contributed by atoms with van der Waals surface area (Å²) in [6.07, 6.45) is 0. The number of nitrogens with zero attached hydrogens (tertiary/aromatic N) is 2. The van der Waals surface area contributed by atoms with E-state index in [2.05, 4.69) is 10.2 Å². The fourth-order valence-corrected chi connectivity index (χ4v) is 1.96. The van der Waals surface area contributed by atoms with Crippen LogP contribution in [0.1, 0.15) is 5.56 Å². The van der Waals surface area contributed by atoms with Crippen LogP contribution in [0, 0.1) is 6.92 Å².